The summed E-state index contributed by atoms with van der Waals surface area (Å²) in [6, 6.07) is 5.47. The number of nitriles is 1. The van der Waals surface area contributed by atoms with Gasteiger partial charge in [-0.2, -0.15) is 5.26 Å². The molecule has 0 saturated heterocycles. The molecule has 0 aliphatic rings. The van der Waals surface area contributed by atoms with Crippen LogP contribution < -0.4 is 9.47 Å². The predicted octanol–water partition coefficient (Wildman–Crippen LogP) is 3.51. The van der Waals surface area contributed by atoms with Gasteiger partial charge in [0, 0.05) is 6.07 Å². The van der Waals surface area contributed by atoms with Gasteiger partial charge in [0.25, 0.3) is 0 Å². The Balaban J connectivity index is 2.94. The van der Waals surface area contributed by atoms with E-state index in [0.717, 1.165) is 17.3 Å². The van der Waals surface area contributed by atoms with Crippen LogP contribution in [0.2, 0.25) is 0 Å². The van der Waals surface area contributed by atoms with E-state index in [-0.39, 0.29) is 0 Å². The van der Waals surface area contributed by atoms with Crippen molar-refractivity contribution in [1.82, 2.24) is 0 Å². The second kappa shape index (κ2) is 6.39. The molecule has 16 heavy (non-hydrogen) atoms. The predicted molar refractivity (Wildman–Crippen MR) is 65.8 cm³/mol. The number of benzene rings is 1. The van der Waals surface area contributed by atoms with Crippen molar-refractivity contribution < 1.29 is 9.47 Å². The smallest absolute Gasteiger partial charge is 0.175 e. The molecule has 0 unspecified atom stereocenters. The molecule has 0 fully saturated rings. The summed E-state index contributed by atoms with van der Waals surface area (Å²) in [7, 11) is 1.57. The first-order valence-corrected chi connectivity index (χ1v) is 5.92. The van der Waals surface area contributed by atoms with Crippen molar-refractivity contribution in [2.75, 3.05) is 13.7 Å². The van der Waals surface area contributed by atoms with Gasteiger partial charge < -0.3 is 9.47 Å². The van der Waals surface area contributed by atoms with Crippen LogP contribution in [0.15, 0.2) is 16.6 Å². The minimum absolute atomic E-state index is 0.548. The van der Waals surface area contributed by atoms with Gasteiger partial charge in [-0.15, -0.1) is 0 Å². The number of hydrogen-bond donors (Lipinski definition) is 0. The van der Waals surface area contributed by atoms with Crippen molar-refractivity contribution in [3.63, 3.8) is 0 Å². The highest BCUT2D eigenvalue weighted by Gasteiger charge is 2.11. The minimum Gasteiger partial charge on any atom is -0.493 e. The van der Waals surface area contributed by atoms with Crippen molar-refractivity contribution in [3.8, 4) is 17.6 Å². The SMILES string of the molecule is CCCCOc1c(Br)cc(C#N)cc1OC. The van der Waals surface area contributed by atoms with Gasteiger partial charge in [-0.1, -0.05) is 13.3 Å². The van der Waals surface area contributed by atoms with Crippen LogP contribution in [-0.2, 0) is 0 Å². The van der Waals surface area contributed by atoms with Gasteiger partial charge in [0.15, 0.2) is 11.5 Å². The highest BCUT2D eigenvalue weighted by Crippen LogP contribution is 2.36. The Labute approximate surface area is 104 Å². The summed E-state index contributed by atoms with van der Waals surface area (Å²) in [5.41, 5.74) is 0.548. The van der Waals surface area contributed by atoms with Gasteiger partial charge in [0.1, 0.15) is 0 Å². The number of halogens is 1. The quantitative estimate of drug-likeness (QED) is 0.777. The first-order valence-electron chi connectivity index (χ1n) is 5.13. The largest absolute Gasteiger partial charge is 0.493 e. The van der Waals surface area contributed by atoms with Crippen molar-refractivity contribution in [3.05, 3.63) is 22.2 Å². The summed E-state index contributed by atoms with van der Waals surface area (Å²) in [6.07, 6.45) is 2.08. The third-order valence-electron chi connectivity index (χ3n) is 2.10. The average molecular weight is 284 g/mol. The van der Waals surface area contributed by atoms with Gasteiger partial charge in [0.2, 0.25) is 0 Å². The average Bonchev–Trinajstić information content (AvgIpc) is 2.30. The van der Waals surface area contributed by atoms with Gasteiger partial charge in [-0.05, 0) is 28.4 Å². The lowest BCUT2D eigenvalue weighted by atomic mass is 10.2. The maximum absolute atomic E-state index is 8.82. The lowest BCUT2D eigenvalue weighted by Gasteiger charge is -2.12. The van der Waals surface area contributed by atoms with Crippen molar-refractivity contribution in [2.45, 2.75) is 19.8 Å². The Morgan fingerprint density at radius 3 is 2.75 bits per heavy atom. The first kappa shape index (κ1) is 12.9. The van der Waals surface area contributed by atoms with Crippen molar-refractivity contribution in [2.24, 2.45) is 0 Å². The van der Waals surface area contributed by atoms with E-state index >= 15 is 0 Å². The molecule has 0 aliphatic heterocycles. The van der Waals surface area contributed by atoms with Gasteiger partial charge >= 0.3 is 0 Å². The lowest BCUT2D eigenvalue weighted by molar-refractivity contribution is 0.286. The highest BCUT2D eigenvalue weighted by molar-refractivity contribution is 9.10. The normalized spacial score (nSPS) is 9.62. The third-order valence-corrected chi connectivity index (χ3v) is 2.69. The number of ether oxygens (including phenoxy) is 2. The van der Waals surface area contributed by atoms with E-state index in [0.29, 0.717) is 23.7 Å². The van der Waals surface area contributed by atoms with Crippen LogP contribution in [-0.4, -0.2) is 13.7 Å². The van der Waals surface area contributed by atoms with E-state index in [1.807, 2.05) is 0 Å². The van der Waals surface area contributed by atoms with E-state index in [1.165, 1.54) is 0 Å². The zero-order valence-electron chi connectivity index (χ0n) is 9.42. The minimum atomic E-state index is 0.548. The number of unbranched alkanes of at least 4 members (excludes halogenated alkanes) is 1. The zero-order chi connectivity index (χ0) is 12.0. The molecule has 0 saturated carbocycles. The molecule has 0 heterocycles. The molecule has 0 atom stereocenters. The Kier molecular flexibility index (Phi) is 5.13. The molecule has 0 aromatic heterocycles. The summed E-state index contributed by atoms with van der Waals surface area (Å²) in [5, 5.41) is 8.82. The van der Waals surface area contributed by atoms with E-state index in [1.54, 1.807) is 19.2 Å². The van der Waals surface area contributed by atoms with Gasteiger partial charge in [-0.3, -0.25) is 0 Å². The van der Waals surface area contributed by atoms with Gasteiger partial charge in [-0.25, -0.2) is 0 Å². The number of rotatable bonds is 5. The van der Waals surface area contributed by atoms with Gasteiger partial charge in [0.05, 0.1) is 29.8 Å². The monoisotopic (exact) mass is 283 g/mol. The molecular formula is C12H14BrNO2. The third kappa shape index (κ3) is 3.14. The molecule has 0 aliphatic carbocycles. The Morgan fingerprint density at radius 1 is 1.44 bits per heavy atom. The summed E-state index contributed by atoms with van der Waals surface area (Å²) in [6.45, 7) is 2.76. The molecule has 1 aromatic rings. The maximum atomic E-state index is 8.82. The molecular weight excluding hydrogens is 270 g/mol. The molecule has 3 nitrogen and oxygen atoms in total. The topological polar surface area (TPSA) is 42.2 Å². The Hall–Kier alpha value is -1.21. The van der Waals surface area contributed by atoms with Crippen LogP contribution in [0.25, 0.3) is 0 Å². The first-order chi connectivity index (χ1) is 7.72. The summed E-state index contributed by atoms with van der Waals surface area (Å²) in [4.78, 5) is 0. The van der Waals surface area contributed by atoms with E-state index < -0.39 is 0 Å². The number of hydrogen-bond acceptors (Lipinski definition) is 3. The molecule has 1 rings (SSSR count). The molecule has 0 spiro atoms. The summed E-state index contributed by atoms with van der Waals surface area (Å²) < 4.78 is 11.6. The maximum Gasteiger partial charge on any atom is 0.175 e. The van der Waals surface area contributed by atoms with Crippen LogP contribution in [0.5, 0.6) is 11.5 Å². The van der Waals surface area contributed by atoms with E-state index in [4.69, 9.17) is 14.7 Å². The Bertz CT molecular complexity index is 399. The lowest BCUT2D eigenvalue weighted by Crippen LogP contribution is -2.00. The summed E-state index contributed by atoms with van der Waals surface area (Å²) >= 11 is 3.38. The van der Waals surface area contributed by atoms with Crippen molar-refractivity contribution in [1.29, 1.82) is 5.26 Å². The zero-order valence-corrected chi connectivity index (χ0v) is 11.0. The fraction of sp³-hybridized carbons (Fsp3) is 0.417. The van der Waals surface area contributed by atoms with E-state index in [9.17, 15) is 0 Å². The molecule has 0 bridgehead atoms. The standard InChI is InChI=1S/C12H14BrNO2/c1-3-4-5-16-12-10(13)6-9(8-14)7-11(12)15-2/h6-7H,3-5H2,1-2H3. The summed E-state index contributed by atoms with van der Waals surface area (Å²) in [5.74, 6) is 1.25. The van der Waals surface area contributed by atoms with Crippen LogP contribution >= 0.6 is 15.9 Å². The van der Waals surface area contributed by atoms with Crippen molar-refractivity contribution >= 4 is 15.9 Å². The number of nitrogens with zero attached hydrogens (tertiary/aromatic N) is 1. The van der Waals surface area contributed by atoms with E-state index in [2.05, 4.69) is 28.9 Å². The molecule has 0 N–H and O–H groups in total. The van der Waals surface area contributed by atoms with Crippen LogP contribution in [0.4, 0.5) is 0 Å². The van der Waals surface area contributed by atoms with Crippen LogP contribution in [0.1, 0.15) is 25.3 Å². The Morgan fingerprint density at radius 2 is 2.19 bits per heavy atom. The fourth-order valence-electron chi connectivity index (χ4n) is 1.24. The molecule has 1 aromatic carbocycles. The van der Waals surface area contributed by atoms with Crippen LogP contribution in [0, 0.1) is 11.3 Å². The molecule has 4 heteroatoms. The fourth-order valence-corrected chi connectivity index (χ4v) is 1.80. The second-order valence-electron chi connectivity index (χ2n) is 3.30. The molecule has 86 valence electrons. The van der Waals surface area contributed by atoms with Crippen LogP contribution in [0.3, 0.4) is 0 Å². The second-order valence-corrected chi connectivity index (χ2v) is 4.16. The molecule has 0 radical (unpaired) electrons. The highest BCUT2D eigenvalue weighted by atomic mass is 79.9. The molecule has 0 amide bonds. The number of methoxy groups -OCH3 is 1.